The number of H-pyrrole nitrogens is 1. The molecule has 0 fully saturated rings. The maximum atomic E-state index is 12.3. The Morgan fingerprint density at radius 2 is 2.08 bits per heavy atom. The molecule has 1 aromatic heterocycles. The molecule has 2 N–H and O–H groups in total. The van der Waals surface area contributed by atoms with Crippen LogP contribution in [0.5, 0.6) is 0 Å². The van der Waals surface area contributed by atoms with Crippen LogP contribution in [0.2, 0.25) is 5.02 Å². The SMILES string of the molecule is CC(NC(=O)c1ccccc1Cl)c1nc2ccc([N+](=O)[O-])cc2[nH]1. The van der Waals surface area contributed by atoms with Crippen molar-refractivity contribution in [1.29, 1.82) is 0 Å². The Kier molecular flexibility index (Phi) is 4.18. The van der Waals surface area contributed by atoms with Crippen molar-refractivity contribution in [3.05, 3.63) is 69.0 Å². The highest BCUT2D eigenvalue weighted by Gasteiger charge is 2.17. The smallest absolute Gasteiger partial charge is 0.271 e. The number of fused-ring (bicyclic) bond motifs is 1. The van der Waals surface area contributed by atoms with Crippen LogP contribution in [0.1, 0.15) is 29.1 Å². The Balaban J connectivity index is 1.83. The van der Waals surface area contributed by atoms with E-state index in [2.05, 4.69) is 15.3 Å². The van der Waals surface area contributed by atoms with Gasteiger partial charge in [0.1, 0.15) is 5.82 Å². The first-order valence-corrected chi connectivity index (χ1v) is 7.53. The normalized spacial score (nSPS) is 12.1. The topological polar surface area (TPSA) is 101 Å². The predicted octanol–water partition coefficient (Wildman–Crippen LogP) is 3.62. The monoisotopic (exact) mass is 344 g/mol. The summed E-state index contributed by atoms with van der Waals surface area (Å²) < 4.78 is 0. The fourth-order valence-electron chi connectivity index (χ4n) is 2.32. The van der Waals surface area contributed by atoms with E-state index in [0.717, 1.165) is 0 Å². The van der Waals surface area contributed by atoms with E-state index in [1.54, 1.807) is 37.3 Å². The summed E-state index contributed by atoms with van der Waals surface area (Å²) in [6.07, 6.45) is 0. The highest BCUT2D eigenvalue weighted by Crippen LogP contribution is 2.22. The number of halogens is 1. The Morgan fingerprint density at radius 1 is 1.33 bits per heavy atom. The zero-order valence-corrected chi connectivity index (χ0v) is 13.4. The summed E-state index contributed by atoms with van der Waals surface area (Å²) in [5.74, 6) is 0.186. The largest absolute Gasteiger partial charge is 0.342 e. The van der Waals surface area contributed by atoms with E-state index in [1.807, 2.05) is 0 Å². The number of hydrogen-bond donors (Lipinski definition) is 2. The second-order valence-electron chi connectivity index (χ2n) is 5.26. The molecule has 0 radical (unpaired) electrons. The van der Waals surface area contributed by atoms with E-state index in [1.165, 1.54) is 12.1 Å². The number of nitro groups is 1. The molecule has 1 unspecified atom stereocenters. The quantitative estimate of drug-likeness (QED) is 0.557. The summed E-state index contributed by atoms with van der Waals surface area (Å²) in [6.45, 7) is 1.76. The molecule has 2 aromatic carbocycles. The third-order valence-corrected chi connectivity index (χ3v) is 3.90. The van der Waals surface area contributed by atoms with Crippen molar-refractivity contribution in [2.45, 2.75) is 13.0 Å². The molecule has 0 saturated heterocycles. The molecule has 0 spiro atoms. The molecular weight excluding hydrogens is 332 g/mol. The number of benzene rings is 2. The molecule has 0 aliphatic rings. The molecule has 0 aliphatic heterocycles. The number of nitrogens with one attached hydrogen (secondary N) is 2. The van der Waals surface area contributed by atoms with E-state index in [9.17, 15) is 14.9 Å². The van der Waals surface area contributed by atoms with Gasteiger partial charge in [0.15, 0.2) is 0 Å². The standard InChI is InChI=1S/C16H13ClN4O3/c1-9(18-16(22)11-4-2-3-5-12(11)17)15-19-13-7-6-10(21(23)24)8-14(13)20-15/h2-9H,1H3,(H,18,22)(H,19,20). The lowest BCUT2D eigenvalue weighted by molar-refractivity contribution is -0.384. The zero-order valence-electron chi connectivity index (χ0n) is 12.6. The number of aromatic nitrogens is 2. The van der Waals surface area contributed by atoms with Crippen molar-refractivity contribution in [3.63, 3.8) is 0 Å². The van der Waals surface area contributed by atoms with Gasteiger partial charge in [-0.3, -0.25) is 14.9 Å². The van der Waals surface area contributed by atoms with Gasteiger partial charge in [0, 0.05) is 12.1 Å². The third kappa shape index (κ3) is 3.07. The number of carbonyl (C=O) groups is 1. The Hall–Kier alpha value is -2.93. The average Bonchev–Trinajstić information content (AvgIpc) is 2.98. The van der Waals surface area contributed by atoms with Gasteiger partial charge in [0.05, 0.1) is 32.6 Å². The van der Waals surface area contributed by atoms with Crippen LogP contribution in [0, 0.1) is 10.1 Å². The maximum Gasteiger partial charge on any atom is 0.271 e. The highest BCUT2D eigenvalue weighted by atomic mass is 35.5. The summed E-state index contributed by atoms with van der Waals surface area (Å²) in [5, 5.41) is 14.0. The molecule has 7 nitrogen and oxygen atoms in total. The number of nitrogens with zero attached hydrogens (tertiary/aromatic N) is 2. The Morgan fingerprint density at radius 3 is 2.79 bits per heavy atom. The number of hydrogen-bond acceptors (Lipinski definition) is 4. The van der Waals surface area contributed by atoms with Gasteiger partial charge in [-0.1, -0.05) is 23.7 Å². The fraction of sp³-hybridized carbons (Fsp3) is 0.125. The summed E-state index contributed by atoms with van der Waals surface area (Å²) >= 11 is 6.01. The minimum absolute atomic E-state index is 0.0227. The molecule has 24 heavy (non-hydrogen) atoms. The summed E-state index contributed by atoms with van der Waals surface area (Å²) in [7, 11) is 0. The number of amides is 1. The van der Waals surface area contributed by atoms with Gasteiger partial charge in [-0.05, 0) is 25.1 Å². The van der Waals surface area contributed by atoms with Crippen molar-refractivity contribution in [2.75, 3.05) is 0 Å². The molecule has 8 heteroatoms. The van der Waals surface area contributed by atoms with E-state index in [4.69, 9.17) is 11.6 Å². The average molecular weight is 345 g/mol. The second-order valence-corrected chi connectivity index (χ2v) is 5.66. The molecule has 0 bridgehead atoms. The van der Waals surface area contributed by atoms with Gasteiger partial charge in [0.25, 0.3) is 11.6 Å². The van der Waals surface area contributed by atoms with Crippen molar-refractivity contribution in [1.82, 2.24) is 15.3 Å². The molecular formula is C16H13ClN4O3. The van der Waals surface area contributed by atoms with Crippen molar-refractivity contribution in [3.8, 4) is 0 Å². The van der Waals surface area contributed by atoms with Crippen molar-refractivity contribution >= 4 is 34.2 Å². The minimum Gasteiger partial charge on any atom is -0.342 e. The molecule has 3 rings (SSSR count). The van der Waals surface area contributed by atoms with E-state index in [-0.39, 0.29) is 11.6 Å². The van der Waals surface area contributed by atoms with Crippen LogP contribution < -0.4 is 5.32 Å². The fourth-order valence-corrected chi connectivity index (χ4v) is 2.55. The molecule has 122 valence electrons. The van der Waals surface area contributed by atoms with Crippen LogP contribution in [-0.4, -0.2) is 20.8 Å². The van der Waals surface area contributed by atoms with Crippen LogP contribution in [-0.2, 0) is 0 Å². The van der Waals surface area contributed by atoms with Gasteiger partial charge in [-0.15, -0.1) is 0 Å². The number of imidazole rings is 1. The molecule has 3 aromatic rings. The van der Waals surface area contributed by atoms with Crippen LogP contribution in [0.4, 0.5) is 5.69 Å². The maximum absolute atomic E-state index is 12.3. The lowest BCUT2D eigenvalue weighted by Gasteiger charge is -2.12. The predicted molar refractivity (Wildman–Crippen MR) is 90.1 cm³/mol. The van der Waals surface area contributed by atoms with Gasteiger partial charge < -0.3 is 10.3 Å². The number of non-ortho nitro benzene ring substituents is 1. The summed E-state index contributed by atoms with van der Waals surface area (Å²) in [5.41, 5.74) is 1.48. The Labute approximate surface area is 141 Å². The molecule has 1 atom stereocenters. The molecule has 0 saturated carbocycles. The summed E-state index contributed by atoms with van der Waals surface area (Å²) in [6, 6.07) is 10.7. The first-order valence-electron chi connectivity index (χ1n) is 7.15. The van der Waals surface area contributed by atoms with Gasteiger partial charge in [-0.25, -0.2) is 4.98 Å². The number of nitro benzene ring substituents is 1. The van der Waals surface area contributed by atoms with Gasteiger partial charge >= 0.3 is 0 Å². The lowest BCUT2D eigenvalue weighted by atomic mass is 10.2. The van der Waals surface area contributed by atoms with Crippen LogP contribution >= 0.6 is 11.6 Å². The molecule has 1 amide bonds. The zero-order chi connectivity index (χ0) is 17.3. The second kappa shape index (κ2) is 6.29. The minimum atomic E-state index is -0.470. The van der Waals surface area contributed by atoms with Gasteiger partial charge in [-0.2, -0.15) is 0 Å². The number of carbonyl (C=O) groups excluding carboxylic acids is 1. The van der Waals surface area contributed by atoms with Gasteiger partial charge in [0.2, 0.25) is 0 Å². The number of aromatic amines is 1. The first kappa shape index (κ1) is 15.9. The van der Waals surface area contributed by atoms with E-state index in [0.29, 0.717) is 27.4 Å². The Bertz CT molecular complexity index is 938. The van der Waals surface area contributed by atoms with E-state index < -0.39 is 11.0 Å². The van der Waals surface area contributed by atoms with Crippen LogP contribution in [0.15, 0.2) is 42.5 Å². The van der Waals surface area contributed by atoms with Crippen LogP contribution in [0.25, 0.3) is 11.0 Å². The third-order valence-electron chi connectivity index (χ3n) is 3.57. The first-order chi connectivity index (χ1) is 11.5. The highest BCUT2D eigenvalue weighted by molar-refractivity contribution is 6.33. The van der Waals surface area contributed by atoms with Crippen molar-refractivity contribution in [2.24, 2.45) is 0 Å². The molecule has 1 heterocycles. The summed E-state index contributed by atoms with van der Waals surface area (Å²) in [4.78, 5) is 30.0. The number of rotatable bonds is 4. The van der Waals surface area contributed by atoms with E-state index >= 15 is 0 Å². The molecule has 0 aliphatic carbocycles. The van der Waals surface area contributed by atoms with Crippen molar-refractivity contribution < 1.29 is 9.72 Å². The van der Waals surface area contributed by atoms with Crippen LogP contribution in [0.3, 0.4) is 0 Å². The lowest BCUT2D eigenvalue weighted by Crippen LogP contribution is -2.27.